The van der Waals surface area contributed by atoms with Gasteiger partial charge in [-0.25, -0.2) is 12.8 Å². The van der Waals surface area contributed by atoms with E-state index in [-0.39, 0.29) is 10.9 Å². The zero-order chi connectivity index (χ0) is 23.6. The van der Waals surface area contributed by atoms with Crippen molar-refractivity contribution in [2.24, 2.45) is 0 Å². The Bertz CT molecular complexity index is 1290. The summed E-state index contributed by atoms with van der Waals surface area (Å²) in [4.78, 5) is 1.95. The van der Waals surface area contributed by atoms with Crippen molar-refractivity contribution in [2.75, 3.05) is 12.8 Å². The van der Waals surface area contributed by atoms with E-state index in [1.165, 1.54) is 11.6 Å². The first-order chi connectivity index (χ1) is 15.7. The quantitative estimate of drug-likeness (QED) is 0.513. The number of likely N-dealkylation sites (tertiary alicyclic amines) is 1. The molecule has 3 aromatic rings. The summed E-state index contributed by atoms with van der Waals surface area (Å²) in [5, 5.41) is 10.5. The Balaban J connectivity index is 1.83. The van der Waals surface area contributed by atoms with Crippen molar-refractivity contribution >= 4 is 9.84 Å². The molecule has 1 heterocycles. The van der Waals surface area contributed by atoms with Crippen LogP contribution in [0.25, 0.3) is 11.1 Å². The average molecular weight is 463 g/mol. The highest BCUT2D eigenvalue weighted by molar-refractivity contribution is 7.90. The SMILES string of the molecule is CC1CC(C#N)(c2c(-c3ccccc3)ccc(F)c2S(C)(=O)=O)CCN1Cc1ccccc1. The highest BCUT2D eigenvalue weighted by Gasteiger charge is 2.45. The van der Waals surface area contributed by atoms with Crippen LogP contribution in [0.4, 0.5) is 4.39 Å². The molecule has 3 aromatic carbocycles. The zero-order valence-electron chi connectivity index (χ0n) is 18.8. The first-order valence-corrected chi connectivity index (χ1v) is 12.9. The Morgan fingerprint density at radius 1 is 1.06 bits per heavy atom. The monoisotopic (exact) mass is 462 g/mol. The summed E-state index contributed by atoms with van der Waals surface area (Å²) in [7, 11) is -3.91. The van der Waals surface area contributed by atoms with Gasteiger partial charge in [-0.1, -0.05) is 66.7 Å². The maximum Gasteiger partial charge on any atom is 0.178 e. The van der Waals surface area contributed by atoms with E-state index >= 15 is 4.39 Å². The topological polar surface area (TPSA) is 61.2 Å². The summed E-state index contributed by atoms with van der Waals surface area (Å²) in [6, 6.07) is 24.7. The molecule has 0 amide bonds. The van der Waals surface area contributed by atoms with E-state index in [0.717, 1.165) is 18.4 Å². The second-order valence-electron chi connectivity index (χ2n) is 8.89. The molecule has 4 nitrogen and oxygen atoms in total. The van der Waals surface area contributed by atoms with Crippen LogP contribution in [-0.4, -0.2) is 32.2 Å². The van der Waals surface area contributed by atoms with E-state index in [9.17, 15) is 13.7 Å². The first kappa shape index (κ1) is 23.2. The molecule has 0 saturated carbocycles. The van der Waals surface area contributed by atoms with Crippen LogP contribution in [0.1, 0.15) is 30.9 Å². The molecule has 2 unspecified atom stereocenters. The van der Waals surface area contributed by atoms with Gasteiger partial charge in [-0.15, -0.1) is 0 Å². The smallest absolute Gasteiger partial charge is 0.178 e. The molecule has 170 valence electrons. The fourth-order valence-electron chi connectivity index (χ4n) is 4.98. The van der Waals surface area contributed by atoms with Gasteiger partial charge in [0.2, 0.25) is 0 Å². The summed E-state index contributed by atoms with van der Waals surface area (Å²) in [5.41, 5.74) is 1.73. The predicted molar refractivity (Wildman–Crippen MR) is 128 cm³/mol. The van der Waals surface area contributed by atoms with E-state index in [4.69, 9.17) is 0 Å². The lowest BCUT2D eigenvalue weighted by Crippen LogP contribution is -2.47. The lowest BCUT2D eigenvalue weighted by atomic mass is 9.69. The average Bonchev–Trinajstić information content (AvgIpc) is 2.81. The second-order valence-corrected chi connectivity index (χ2v) is 10.8. The molecule has 4 rings (SSSR count). The Kier molecular flexibility index (Phi) is 6.38. The minimum Gasteiger partial charge on any atom is -0.296 e. The van der Waals surface area contributed by atoms with Crippen LogP contribution in [0.15, 0.2) is 77.7 Å². The van der Waals surface area contributed by atoms with Crippen LogP contribution < -0.4 is 0 Å². The molecule has 0 aliphatic carbocycles. The molecule has 0 N–H and O–H groups in total. The van der Waals surface area contributed by atoms with Gasteiger partial charge in [0.1, 0.15) is 10.7 Å². The van der Waals surface area contributed by atoms with Gasteiger partial charge in [-0.3, -0.25) is 4.90 Å². The normalized spacial score (nSPS) is 21.5. The molecule has 0 spiro atoms. The minimum absolute atomic E-state index is 0.0120. The fourth-order valence-corrected chi connectivity index (χ4v) is 6.08. The van der Waals surface area contributed by atoms with Gasteiger partial charge in [-0.2, -0.15) is 5.26 Å². The predicted octanol–water partition coefficient (Wildman–Crippen LogP) is 5.34. The number of rotatable bonds is 5. The number of benzene rings is 3. The largest absolute Gasteiger partial charge is 0.296 e. The molecule has 6 heteroatoms. The Labute approximate surface area is 195 Å². The molecular formula is C27H27FN2O2S. The van der Waals surface area contributed by atoms with Crippen molar-refractivity contribution in [3.8, 4) is 17.2 Å². The second kappa shape index (κ2) is 9.09. The molecular weight excluding hydrogens is 435 g/mol. The maximum absolute atomic E-state index is 15.1. The van der Waals surface area contributed by atoms with E-state index < -0.39 is 21.1 Å². The third-order valence-corrected chi connectivity index (χ3v) is 7.72. The molecule has 33 heavy (non-hydrogen) atoms. The lowest BCUT2D eigenvalue weighted by molar-refractivity contribution is 0.116. The van der Waals surface area contributed by atoms with Gasteiger partial charge in [0.05, 0.1) is 11.5 Å². The highest BCUT2D eigenvalue weighted by atomic mass is 32.2. The van der Waals surface area contributed by atoms with Gasteiger partial charge in [0.15, 0.2) is 9.84 Å². The van der Waals surface area contributed by atoms with E-state index in [1.807, 2.05) is 48.5 Å². The molecule has 2 atom stereocenters. The van der Waals surface area contributed by atoms with Gasteiger partial charge < -0.3 is 0 Å². The standard InChI is InChI=1S/C27H27FN2O2S/c1-20-17-27(19-29,15-16-30(20)18-21-9-5-3-6-10-21)25-23(22-11-7-4-8-12-22)13-14-24(28)26(25)33(2,31)32/h3-14,20H,15-18H2,1-2H3. The number of hydrogen-bond acceptors (Lipinski definition) is 4. The summed E-state index contributed by atoms with van der Waals surface area (Å²) in [6.45, 7) is 3.41. The highest BCUT2D eigenvalue weighted by Crippen LogP contribution is 2.46. The van der Waals surface area contributed by atoms with Crippen molar-refractivity contribution in [2.45, 2.75) is 42.7 Å². The summed E-state index contributed by atoms with van der Waals surface area (Å²) in [6.07, 6.45) is 1.86. The van der Waals surface area contributed by atoms with Gasteiger partial charge >= 0.3 is 0 Å². The number of hydrogen-bond donors (Lipinski definition) is 0. The number of nitrogens with zero attached hydrogens (tertiary/aromatic N) is 2. The number of halogens is 1. The van der Waals surface area contributed by atoms with Crippen molar-refractivity contribution in [3.63, 3.8) is 0 Å². The van der Waals surface area contributed by atoms with Crippen molar-refractivity contribution in [3.05, 3.63) is 89.7 Å². The van der Waals surface area contributed by atoms with Crippen LogP contribution >= 0.6 is 0 Å². The number of nitriles is 1. The summed E-state index contributed by atoms with van der Waals surface area (Å²) in [5.74, 6) is -0.804. The molecule has 0 aromatic heterocycles. The van der Waals surface area contributed by atoms with Crippen LogP contribution in [0.5, 0.6) is 0 Å². The van der Waals surface area contributed by atoms with Gasteiger partial charge in [-0.05, 0) is 42.5 Å². The lowest BCUT2D eigenvalue weighted by Gasteiger charge is -2.43. The number of piperidine rings is 1. The third-order valence-electron chi connectivity index (χ3n) is 6.58. The molecule has 1 aliphatic heterocycles. The summed E-state index contributed by atoms with van der Waals surface area (Å²) < 4.78 is 40.6. The van der Waals surface area contributed by atoms with E-state index in [2.05, 4.69) is 30.0 Å². The fraction of sp³-hybridized carbons (Fsp3) is 0.296. The van der Waals surface area contributed by atoms with Crippen LogP contribution in [0.3, 0.4) is 0 Å². The molecule has 1 saturated heterocycles. The molecule has 0 bridgehead atoms. The molecule has 1 fully saturated rings. The Morgan fingerprint density at radius 2 is 1.70 bits per heavy atom. The maximum atomic E-state index is 15.1. The van der Waals surface area contributed by atoms with Crippen molar-refractivity contribution in [1.82, 2.24) is 4.90 Å². The first-order valence-electron chi connectivity index (χ1n) is 11.0. The molecule has 0 radical (unpaired) electrons. The van der Waals surface area contributed by atoms with E-state index in [1.54, 1.807) is 6.07 Å². The Morgan fingerprint density at radius 3 is 2.27 bits per heavy atom. The summed E-state index contributed by atoms with van der Waals surface area (Å²) >= 11 is 0. The van der Waals surface area contributed by atoms with Crippen molar-refractivity contribution < 1.29 is 12.8 Å². The van der Waals surface area contributed by atoms with Crippen LogP contribution in [-0.2, 0) is 21.8 Å². The molecule has 1 aliphatic rings. The minimum atomic E-state index is -3.91. The van der Waals surface area contributed by atoms with Crippen molar-refractivity contribution in [1.29, 1.82) is 5.26 Å². The number of sulfone groups is 1. The third kappa shape index (κ3) is 4.57. The van der Waals surface area contributed by atoms with Gasteiger partial charge in [0, 0.05) is 31.0 Å². The van der Waals surface area contributed by atoms with Gasteiger partial charge in [0.25, 0.3) is 0 Å². The van der Waals surface area contributed by atoms with Crippen LogP contribution in [0, 0.1) is 17.1 Å². The van der Waals surface area contributed by atoms with Crippen LogP contribution in [0.2, 0.25) is 0 Å². The van der Waals surface area contributed by atoms with E-state index in [0.29, 0.717) is 30.5 Å². The Hall–Kier alpha value is -3.01. The zero-order valence-corrected chi connectivity index (χ0v) is 19.6.